The molecule has 0 saturated carbocycles. The summed E-state index contributed by atoms with van der Waals surface area (Å²) in [7, 11) is 3.27. The highest BCUT2D eigenvalue weighted by molar-refractivity contribution is 5.94. The molecule has 0 aromatic heterocycles. The molecule has 1 N–H and O–H groups in total. The molecular weight excluding hydrogens is 359 g/mol. The Morgan fingerprint density at radius 2 is 1.89 bits per heavy atom. The first-order valence-electron chi connectivity index (χ1n) is 9.56. The van der Waals surface area contributed by atoms with Crippen LogP contribution in [-0.4, -0.2) is 44.7 Å². The van der Waals surface area contributed by atoms with E-state index in [1.54, 1.807) is 14.2 Å². The standard InChI is InChI=1S/C22H27FN2O3/c1-27-20-10-5-16(12-21(20)28-2)14-25-11-3-4-17(15-25)13-24-22(26)18-6-8-19(23)9-7-18/h5-10,12,17H,3-4,11,13-15H2,1-2H3,(H,24,26). The Labute approximate surface area is 165 Å². The Morgan fingerprint density at radius 3 is 2.61 bits per heavy atom. The number of ether oxygens (including phenoxy) is 2. The minimum absolute atomic E-state index is 0.156. The van der Waals surface area contributed by atoms with Gasteiger partial charge in [-0.05, 0) is 67.3 Å². The quantitative estimate of drug-likeness (QED) is 0.792. The number of benzene rings is 2. The van der Waals surface area contributed by atoms with Gasteiger partial charge < -0.3 is 14.8 Å². The van der Waals surface area contributed by atoms with Crippen LogP contribution >= 0.6 is 0 Å². The number of methoxy groups -OCH3 is 2. The number of hydrogen-bond acceptors (Lipinski definition) is 4. The first kappa shape index (κ1) is 20.1. The molecule has 150 valence electrons. The molecule has 1 heterocycles. The summed E-state index contributed by atoms with van der Waals surface area (Å²) in [6.07, 6.45) is 2.19. The second kappa shape index (κ2) is 9.55. The average Bonchev–Trinajstić information content (AvgIpc) is 2.72. The van der Waals surface area contributed by atoms with Crippen molar-refractivity contribution in [2.75, 3.05) is 33.9 Å². The van der Waals surface area contributed by atoms with Crippen molar-refractivity contribution in [1.29, 1.82) is 0 Å². The molecular formula is C22H27FN2O3. The van der Waals surface area contributed by atoms with Gasteiger partial charge in [0.1, 0.15) is 5.82 Å². The van der Waals surface area contributed by atoms with Gasteiger partial charge in [-0.3, -0.25) is 9.69 Å². The molecule has 0 spiro atoms. The van der Waals surface area contributed by atoms with E-state index in [-0.39, 0.29) is 11.7 Å². The second-order valence-electron chi connectivity index (χ2n) is 7.15. The predicted molar refractivity (Wildman–Crippen MR) is 106 cm³/mol. The summed E-state index contributed by atoms with van der Waals surface area (Å²) in [5.41, 5.74) is 1.66. The zero-order valence-electron chi connectivity index (χ0n) is 16.4. The number of amides is 1. The Morgan fingerprint density at radius 1 is 1.14 bits per heavy atom. The van der Waals surface area contributed by atoms with Gasteiger partial charge in [0.15, 0.2) is 11.5 Å². The molecule has 2 aromatic rings. The van der Waals surface area contributed by atoms with Gasteiger partial charge in [-0.1, -0.05) is 6.07 Å². The summed E-state index contributed by atoms with van der Waals surface area (Å²) in [4.78, 5) is 14.6. The summed E-state index contributed by atoms with van der Waals surface area (Å²) in [5.74, 6) is 1.37. The van der Waals surface area contributed by atoms with E-state index in [0.29, 0.717) is 18.0 Å². The Balaban J connectivity index is 1.52. The van der Waals surface area contributed by atoms with Crippen LogP contribution in [0.2, 0.25) is 0 Å². The van der Waals surface area contributed by atoms with Crippen LogP contribution in [0.3, 0.4) is 0 Å². The van der Waals surface area contributed by atoms with Crippen LogP contribution in [0.4, 0.5) is 4.39 Å². The van der Waals surface area contributed by atoms with Crippen LogP contribution in [0, 0.1) is 11.7 Å². The van der Waals surface area contributed by atoms with Crippen LogP contribution < -0.4 is 14.8 Å². The minimum Gasteiger partial charge on any atom is -0.493 e. The minimum atomic E-state index is -0.338. The number of halogens is 1. The fourth-order valence-electron chi connectivity index (χ4n) is 3.64. The highest BCUT2D eigenvalue weighted by Crippen LogP contribution is 2.28. The molecule has 1 atom stereocenters. The van der Waals surface area contributed by atoms with Gasteiger partial charge in [-0.2, -0.15) is 0 Å². The number of hydrogen-bond donors (Lipinski definition) is 1. The molecule has 0 radical (unpaired) electrons. The summed E-state index contributed by atoms with van der Waals surface area (Å²) < 4.78 is 23.7. The third-order valence-electron chi connectivity index (χ3n) is 5.11. The number of nitrogens with one attached hydrogen (secondary N) is 1. The van der Waals surface area contributed by atoms with Crippen molar-refractivity contribution < 1.29 is 18.7 Å². The maximum atomic E-state index is 13.0. The van der Waals surface area contributed by atoms with Gasteiger partial charge >= 0.3 is 0 Å². The molecule has 1 aliphatic heterocycles. The van der Waals surface area contributed by atoms with E-state index < -0.39 is 0 Å². The molecule has 1 saturated heterocycles. The Hall–Kier alpha value is -2.60. The van der Waals surface area contributed by atoms with Gasteiger partial charge in [0.05, 0.1) is 14.2 Å². The summed E-state index contributed by atoms with van der Waals surface area (Å²) >= 11 is 0. The largest absolute Gasteiger partial charge is 0.493 e. The van der Waals surface area contributed by atoms with Crippen molar-refractivity contribution in [1.82, 2.24) is 10.2 Å². The number of rotatable bonds is 7. The zero-order chi connectivity index (χ0) is 19.9. The number of piperidine rings is 1. The van der Waals surface area contributed by atoms with Crippen molar-refractivity contribution in [3.05, 3.63) is 59.4 Å². The molecule has 3 rings (SSSR count). The van der Waals surface area contributed by atoms with E-state index in [4.69, 9.17) is 9.47 Å². The number of likely N-dealkylation sites (tertiary alicyclic amines) is 1. The second-order valence-corrected chi connectivity index (χ2v) is 7.15. The number of carbonyl (C=O) groups is 1. The zero-order valence-corrected chi connectivity index (χ0v) is 16.4. The molecule has 1 aliphatic rings. The summed E-state index contributed by atoms with van der Waals surface area (Å²) in [6, 6.07) is 11.6. The van der Waals surface area contributed by atoms with Crippen molar-refractivity contribution >= 4 is 5.91 Å². The molecule has 1 amide bonds. The van der Waals surface area contributed by atoms with Gasteiger partial charge in [0.25, 0.3) is 5.91 Å². The van der Waals surface area contributed by atoms with Crippen molar-refractivity contribution in [2.45, 2.75) is 19.4 Å². The molecule has 6 heteroatoms. The van der Waals surface area contributed by atoms with Crippen molar-refractivity contribution in [2.24, 2.45) is 5.92 Å². The molecule has 2 aromatic carbocycles. The SMILES string of the molecule is COc1ccc(CN2CCCC(CNC(=O)c3ccc(F)cc3)C2)cc1OC. The highest BCUT2D eigenvalue weighted by Gasteiger charge is 2.21. The third kappa shape index (κ3) is 5.23. The first-order chi connectivity index (χ1) is 13.6. The maximum absolute atomic E-state index is 13.0. The molecule has 5 nitrogen and oxygen atoms in total. The number of nitrogens with zero attached hydrogens (tertiary/aromatic N) is 1. The smallest absolute Gasteiger partial charge is 0.251 e. The maximum Gasteiger partial charge on any atom is 0.251 e. The fraction of sp³-hybridized carbons (Fsp3) is 0.409. The van der Waals surface area contributed by atoms with E-state index >= 15 is 0 Å². The molecule has 0 bridgehead atoms. The van der Waals surface area contributed by atoms with Crippen molar-refractivity contribution in [3.8, 4) is 11.5 Å². The summed E-state index contributed by atoms with van der Waals surface area (Å²) in [6.45, 7) is 3.43. The lowest BCUT2D eigenvalue weighted by Crippen LogP contribution is -2.40. The predicted octanol–water partition coefficient (Wildman–Crippen LogP) is 3.48. The van der Waals surface area contributed by atoms with Crippen molar-refractivity contribution in [3.63, 3.8) is 0 Å². The molecule has 1 fully saturated rings. The molecule has 28 heavy (non-hydrogen) atoms. The average molecular weight is 386 g/mol. The lowest BCUT2D eigenvalue weighted by Gasteiger charge is -2.33. The normalized spacial score (nSPS) is 17.2. The Kier molecular flexibility index (Phi) is 6.87. The van der Waals surface area contributed by atoms with Gasteiger partial charge in [-0.25, -0.2) is 4.39 Å². The van der Waals surface area contributed by atoms with E-state index in [1.165, 1.54) is 29.8 Å². The molecule has 1 unspecified atom stereocenters. The van der Waals surface area contributed by atoms with E-state index in [9.17, 15) is 9.18 Å². The van der Waals surface area contributed by atoms with Gasteiger partial charge in [0, 0.05) is 25.2 Å². The lowest BCUT2D eigenvalue weighted by molar-refractivity contribution is 0.0930. The lowest BCUT2D eigenvalue weighted by atomic mass is 9.97. The molecule has 0 aliphatic carbocycles. The summed E-state index contributed by atoms with van der Waals surface area (Å²) in [5, 5.41) is 2.98. The van der Waals surface area contributed by atoms with Gasteiger partial charge in [0.2, 0.25) is 0 Å². The number of carbonyl (C=O) groups excluding carboxylic acids is 1. The fourth-order valence-corrected chi connectivity index (χ4v) is 3.64. The monoisotopic (exact) mass is 386 g/mol. The van der Waals surface area contributed by atoms with Crippen LogP contribution in [0.15, 0.2) is 42.5 Å². The Bertz CT molecular complexity index is 795. The van der Waals surface area contributed by atoms with E-state index in [2.05, 4.69) is 16.3 Å². The van der Waals surface area contributed by atoms with E-state index in [0.717, 1.165) is 44.0 Å². The highest BCUT2D eigenvalue weighted by atomic mass is 19.1. The first-order valence-corrected chi connectivity index (χ1v) is 9.56. The van der Waals surface area contributed by atoms with Crippen LogP contribution in [-0.2, 0) is 6.54 Å². The van der Waals surface area contributed by atoms with Crippen LogP contribution in [0.1, 0.15) is 28.8 Å². The third-order valence-corrected chi connectivity index (χ3v) is 5.11. The van der Waals surface area contributed by atoms with Crippen LogP contribution in [0.5, 0.6) is 11.5 Å². The van der Waals surface area contributed by atoms with Gasteiger partial charge in [-0.15, -0.1) is 0 Å². The topological polar surface area (TPSA) is 50.8 Å². The van der Waals surface area contributed by atoms with Crippen LogP contribution in [0.25, 0.3) is 0 Å². The van der Waals surface area contributed by atoms with E-state index in [1.807, 2.05) is 12.1 Å².